The quantitative estimate of drug-likeness (QED) is 0.417. The molecule has 0 N–H and O–H groups in total. The number of unbranched alkanes of at least 4 members (excludes halogenated alkanes) is 4. The molecule has 1 aromatic carbocycles. The van der Waals surface area contributed by atoms with Crippen molar-refractivity contribution in [2.75, 3.05) is 6.54 Å². The molecule has 2 nitrogen and oxygen atoms in total. The Bertz CT molecular complexity index is 394. The summed E-state index contributed by atoms with van der Waals surface area (Å²) in [5, 5.41) is 0. The molecule has 98 valence electrons. The number of hydrogen-bond acceptors (Lipinski definition) is 3. The smallest absolute Gasteiger partial charge is 0.142 e. The third kappa shape index (κ3) is 3.15. The summed E-state index contributed by atoms with van der Waals surface area (Å²) < 4.78 is 2.23. The second kappa shape index (κ2) is 6.95. The number of fused-ring (bicyclic) bond motifs is 1. The standard InChI is InChI=1S/C15H21NOS/c1-2-3-4-5-8-11-16-14(12-17)13-9-6-7-10-15(13)18-16/h6-7,9-10,12,14H,2-5,8,11H2,1H3. The molecule has 0 spiro atoms. The van der Waals surface area contributed by atoms with Gasteiger partial charge in [-0.15, -0.1) is 0 Å². The molecule has 3 heteroatoms. The van der Waals surface area contributed by atoms with Gasteiger partial charge in [0.25, 0.3) is 0 Å². The van der Waals surface area contributed by atoms with Gasteiger partial charge in [0, 0.05) is 11.4 Å². The van der Waals surface area contributed by atoms with Crippen LogP contribution in [0.4, 0.5) is 0 Å². The molecule has 1 aromatic rings. The van der Waals surface area contributed by atoms with E-state index in [1.807, 2.05) is 12.1 Å². The lowest BCUT2D eigenvalue weighted by atomic mass is 10.1. The molecule has 2 rings (SSSR count). The Labute approximate surface area is 114 Å². The van der Waals surface area contributed by atoms with Gasteiger partial charge in [-0.05, 0) is 30.0 Å². The zero-order valence-corrected chi connectivity index (χ0v) is 11.8. The summed E-state index contributed by atoms with van der Waals surface area (Å²) in [6.07, 6.45) is 7.45. The van der Waals surface area contributed by atoms with Gasteiger partial charge in [0.05, 0.1) is 0 Å². The molecule has 1 heterocycles. The van der Waals surface area contributed by atoms with Gasteiger partial charge in [-0.2, -0.15) is 0 Å². The van der Waals surface area contributed by atoms with Crippen molar-refractivity contribution in [3.8, 4) is 0 Å². The van der Waals surface area contributed by atoms with Crippen LogP contribution in [0.5, 0.6) is 0 Å². The fraction of sp³-hybridized carbons (Fsp3) is 0.533. The van der Waals surface area contributed by atoms with Crippen LogP contribution in [0.3, 0.4) is 0 Å². The van der Waals surface area contributed by atoms with E-state index in [0.29, 0.717) is 0 Å². The number of rotatable bonds is 7. The van der Waals surface area contributed by atoms with Crippen LogP contribution in [0.15, 0.2) is 29.2 Å². The van der Waals surface area contributed by atoms with E-state index in [0.717, 1.165) is 12.8 Å². The molecule has 18 heavy (non-hydrogen) atoms. The fourth-order valence-electron chi connectivity index (χ4n) is 2.34. The molecule has 0 saturated heterocycles. The monoisotopic (exact) mass is 263 g/mol. The third-order valence-electron chi connectivity index (χ3n) is 3.37. The first-order chi connectivity index (χ1) is 8.86. The molecule has 1 aliphatic rings. The summed E-state index contributed by atoms with van der Waals surface area (Å²) >= 11 is 1.73. The average molecular weight is 263 g/mol. The van der Waals surface area contributed by atoms with Gasteiger partial charge >= 0.3 is 0 Å². The van der Waals surface area contributed by atoms with Crippen molar-refractivity contribution < 1.29 is 4.79 Å². The van der Waals surface area contributed by atoms with Crippen LogP contribution in [0.25, 0.3) is 0 Å². The Morgan fingerprint density at radius 2 is 2.00 bits per heavy atom. The molecule has 0 amide bonds. The second-order valence-corrected chi connectivity index (χ2v) is 5.86. The zero-order valence-electron chi connectivity index (χ0n) is 11.0. The van der Waals surface area contributed by atoms with Gasteiger partial charge in [-0.1, -0.05) is 50.8 Å². The first-order valence-electron chi connectivity index (χ1n) is 6.85. The predicted molar refractivity (Wildman–Crippen MR) is 76.6 cm³/mol. The lowest BCUT2D eigenvalue weighted by Gasteiger charge is -2.18. The van der Waals surface area contributed by atoms with Crippen LogP contribution in [0, 0.1) is 0 Å². The molecule has 1 atom stereocenters. The van der Waals surface area contributed by atoms with Crippen LogP contribution in [0.1, 0.15) is 50.6 Å². The van der Waals surface area contributed by atoms with Crippen LogP contribution in [-0.2, 0) is 4.79 Å². The van der Waals surface area contributed by atoms with Gasteiger partial charge in [0.15, 0.2) is 0 Å². The molecule has 0 aromatic heterocycles. The van der Waals surface area contributed by atoms with Crippen LogP contribution < -0.4 is 0 Å². The van der Waals surface area contributed by atoms with Gasteiger partial charge in [0.1, 0.15) is 12.3 Å². The fourth-order valence-corrected chi connectivity index (χ4v) is 3.53. The number of carbonyl (C=O) groups excluding carboxylic acids is 1. The van der Waals surface area contributed by atoms with Crippen molar-refractivity contribution >= 4 is 18.2 Å². The van der Waals surface area contributed by atoms with E-state index in [-0.39, 0.29) is 6.04 Å². The van der Waals surface area contributed by atoms with E-state index >= 15 is 0 Å². The average Bonchev–Trinajstić information content (AvgIpc) is 2.76. The van der Waals surface area contributed by atoms with Crippen molar-refractivity contribution in [2.45, 2.75) is 50.0 Å². The van der Waals surface area contributed by atoms with E-state index in [1.165, 1.54) is 42.6 Å². The topological polar surface area (TPSA) is 20.3 Å². The minimum Gasteiger partial charge on any atom is -0.301 e. The highest BCUT2D eigenvalue weighted by molar-refractivity contribution is 7.97. The number of hydrogen-bond donors (Lipinski definition) is 0. The zero-order chi connectivity index (χ0) is 12.8. The Balaban J connectivity index is 1.86. The Hall–Kier alpha value is -0.800. The van der Waals surface area contributed by atoms with Gasteiger partial charge in [-0.25, -0.2) is 4.31 Å². The summed E-state index contributed by atoms with van der Waals surface area (Å²) in [6, 6.07) is 8.18. The lowest BCUT2D eigenvalue weighted by molar-refractivity contribution is -0.110. The summed E-state index contributed by atoms with van der Waals surface area (Å²) in [5.74, 6) is 0. The van der Waals surface area contributed by atoms with Crippen molar-refractivity contribution in [1.82, 2.24) is 4.31 Å². The van der Waals surface area contributed by atoms with E-state index in [2.05, 4.69) is 23.4 Å². The molecule has 0 aliphatic carbocycles. The maximum Gasteiger partial charge on any atom is 0.142 e. The Kier molecular flexibility index (Phi) is 5.26. The van der Waals surface area contributed by atoms with Gasteiger partial charge < -0.3 is 4.79 Å². The minimum atomic E-state index is -0.0441. The van der Waals surface area contributed by atoms with Crippen LogP contribution in [-0.4, -0.2) is 17.1 Å². The maximum atomic E-state index is 11.3. The number of benzene rings is 1. The Morgan fingerprint density at radius 1 is 1.22 bits per heavy atom. The van der Waals surface area contributed by atoms with Crippen molar-refractivity contribution in [3.05, 3.63) is 29.8 Å². The third-order valence-corrected chi connectivity index (χ3v) is 4.59. The van der Waals surface area contributed by atoms with Crippen molar-refractivity contribution in [1.29, 1.82) is 0 Å². The molecular weight excluding hydrogens is 242 g/mol. The normalized spacial score (nSPS) is 18.8. The van der Waals surface area contributed by atoms with Crippen LogP contribution >= 0.6 is 11.9 Å². The number of carbonyl (C=O) groups is 1. The van der Waals surface area contributed by atoms with E-state index < -0.39 is 0 Å². The first-order valence-corrected chi connectivity index (χ1v) is 7.63. The Morgan fingerprint density at radius 3 is 2.78 bits per heavy atom. The largest absolute Gasteiger partial charge is 0.301 e. The SMILES string of the molecule is CCCCCCCN1Sc2ccccc2C1C=O. The van der Waals surface area contributed by atoms with Gasteiger partial charge in [0.2, 0.25) is 0 Å². The van der Waals surface area contributed by atoms with E-state index in [4.69, 9.17) is 0 Å². The van der Waals surface area contributed by atoms with Crippen LogP contribution in [0.2, 0.25) is 0 Å². The highest BCUT2D eigenvalue weighted by Gasteiger charge is 2.29. The summed E-state index contributed by atoms with van der Waals surface area (Å²) in [6.45, 7) is 3.24. The second-order valence-electron chi connectivity index (χ2n) is 4.76. The molecular formula is C15H21NOS. The lowest BCUT2D eigenvalue weighted by Crippen LogP contribution is -2.19. The van der Waals surface area contributed by atoms with Crippen molar-refractivity contribution in [3.63, 3.8) is 0 Å². The molecule has 1 aliphatic heterocycles. The first kappa shape index (κ1) is 13.6. The molecule has 0 fully saturated rings. The molecule has 0 radical (unpaired) electrons. The number of nitrogens with zero attached hydrogens (tertiary/aromatic N) is 1. The summed E-state index contributed by atoms with van der Waals surface area (Å²) in [7, 11) is 0. The maximum absolute atomic E-state index is 11.3. The highest BCUT2D eigenvalue weighted by Crippen LogP contribution is 2.42. The minimum absolute atomic E-state index is 0.0441. The summed E-state index contributed by atoms with van der Waals surface area (Å²) in [4.78, 5) is 12.5. The van der Waals surface area contributed by atoms with Gasteiger partial charge in [-0.3, -0.25) is 0 Å². The highest BCUT2D eigenvalue weighted by atomic mass is 32.2. The van der Waals surface area contributed by atoms with E-state index in [9.17, 15) is 4.79 Å². The van der Waals surface area contributed by atoms with E-state index in [1.54, 1.807) is 11.9 Å². The van der Waals surface area contributed by atoms with Crippen molar-refractivity contribution in [2.24, 2.45) is 0 Å². The number of aldehydes is 1. The molecule has 0 bridgehead atoms. The molecule has 0 saturated carbocycles. The molecule has 1 unspecified atom stereocenters. The summed E-state index contributed by atoms with van der Waals surface area (Å²) in [5.41, 5.74) is 1.17. The predicted octanol–water partition coefficient (Wildman–Crippen LogP) is 4.22.